The Morgan fingerprint density at radius 1 is 1.03 bits per heavy atom. The Morgan fingerprint density at radius 2 is 1.70 bits per heavy atom. The molecule has 152 valence electrons. The SMILES string of the molecule is Cc1ccc(C(=O)Nc2ccc(CC#N)cc2)cc1NS(=O)(=O)c1ccc(Cl)cc1. The van der Waals surface area contributed by atoms with Gasteiger partial charge >= 0.3 is 0 Å². The van der Waals surface area contributed by atoms with Gasteiger partial charge in [-0.2, -0.15) is 5.26 Å². The van der Waals surface area contributed by atoms with Crippen LogP contribution in [0.25, 0.3) is 0 Å². The van der Waals surface area contributed by atoms with E-state index in [2.05, 4.69) is 16.1 Å². The van der Waals surface area contributed by atoms with Crippen LogP contribution < -0.4 is 10.0 Å². The highest BCUT2D eigenvalue weighted by atomic mass is 35.5. The van der Waals surface area contributed by atoms with E-state index in [1.165, 1.54) is 30.3 Å². The van der Waals surface area contributed by atoms with Gasteiger partial charge in [-0.3, -0.25) is 9.52 Å². The quantitative estimate of drug-likeness (QED) is 0.577. The molecule has 0 bridgehead atoms. The maximum atomic E-state index is 12.6. The van der Waals surface area contributed by atoms with Gasteiger partial charge in [-0.1, -0.05) is 29.8 Å². The van der Waals surface area contributed by atoms with Crippen molar-refractivity contribution in [3.8, 4) is 6.07 Å². The summed E-state index contributed by atoms with van der Waals surface area (Å²) in [6.07, 6.45) is 0.295. The number of benzene rings is 3. The molecular formula is C22H18ClN3O3S. The van der Waals surface area contributed by atoms with Crippen LogP contribution in [-0.2, 0) is 16.4 Å². The van der Waals surface area contributed by atoms with Crippen molar-refractivity contribution < 1.29 is 13.2 Å². The van der Waals surface area contributed by atoms with E-state index in [1.807, 2.05) is 0 Å². The molecule has 0 saturated carbocycles. The molecule has 0 aliphatic rings. The van der Waals surface area contributed by atoms with E-state index in [0.717, 1.165) is 5.56 Å². The molecule has 0 radical (unpaired) electrons. The van der Waals surface area contributed by atoms with Gasteiger partial charge in [0.2, 0.25) is 0 Å². The third kappa shape index (κ3) is 5.17. The zero-order valence-electron chi connectivity index (χ0n) is 16.0. The highest BCUT2D eigenvalue weighted by Gasteiger charge is 2.17. The second kappa shape index (κ2) is 8.99. The lowest BCUT2D eigenvalue weighted by atomic mass is 10.1. The number of carbonyl (C=O) groups excluding carboxylic acids is 1. The van der Waals surface area contributed by atoms with Crippen molar-refractivity contribution in [3.05, 3.63) is 88.4 Å². The summed E-state index contributed by atoms with van der Waals surface area (Å²) in [6, 6.07) is 19.6. The van der Waals surface area contributed by atoms with Crippen molar-refractivity contribution in [1.29, 1.82) is 5.26 Å². The van der Waals surface area contributed by atoms with Crippen LogP contribution >= 0.6 is 11.6 Å². The predicted octanol–water partition coefficient (Wildman–Crippen LogP) is 4.77. The lowest BCUT2D eigenvalue weighted by Crippen LogP contribution is -2.16. The van der Waals surface area contributed by atoms with Gasteiger partial charge in [0.15, 0.2) is 0 Å². The third-order valence-corrected chi connectivity index (χ3v) is 6.00. The van der Waals surface area contributed by atoms with E-state index in [0.29, 0.717) is 33.9 Å². The second-order valence-electron chi connectivity index (χ2n) is 6.58. The van der Waals surface area contributed by atoms with Crippen LogP contribution in [0.15, 0.2) is 71.6 Å². The fourth-order valence-electron chi connectivity index (χ4n) is 2.69. The highest BCUT2D eigenvalue weighted by Crippen LogP contribution is 2.23. The summed E-state index contributed by atoms with van der Waals surface area (Å²) >= 11 is 5.82. The number of nitrogens with one attached hydrogen (secondary N) is 2. The lowest BCUT2D eigenvalue weighted by molar-refractivity contribution is 0.102. The molecule has 6 nitrogen and oxygen atoms in total. The number of amides is 1. The van der Waals surface area contributed by atoms with Gasteiger partial charge < -0.3 is 5.32 Å². The average Bonchev–Trinajstić information content (AvgIpc) is 2.71. The van der Waals surface area contributed by atoms with Gasteiger partial charge in [0, 0.05) is 16.3 Å². The van der Waals surface area contributed by atoms with Gasteiger partial charge in [0.1, 0.15) is 0 Å². The summed E-state index contributed by atoms with van der Waals surface area (Å²) in [5.41, 5.74) is 2.71. The minimum Gasteiger partial charge on any atom is -0.322 e. The maximum absolute atomic E-state index is 12.6. The van der Waals surface area contributed by atoms with Crippen LogP contribution in [0.4, 0.5) is 11.4 Å². The van der Waals surface area contributed by atoms with E-state index in [9.17, 15) is 13.2 Å². The second-order valence-corrected chi connectivity index (χ2v) is 8.69. The molecule has 0 aliphatic heterocycles. The monoisotopic (exact) mass is 439 g/mol. The molecule has 0 fully saturated rings. The molecule has 8 heteroatoms. The minimum absolute atomic E-state index is 0.0682. The molecule has 1 amide bonds. The number of hydrogen-bond acceptors (Lipinski definition) is 4. The summed E-state index contributed by atoms with van der Waals surface area (Å²) in [4.78, 5) is 12.7. The predicted molar refractivity (Wildman–Crippen MR) is 117 cm³/mol. The van der Waals surface area contributed by atoms with Crippen LogP contribution in [0.1, 0.15) is 21.5 Å². The van der Waals surface area contributed by atoms with Crippen molar-refractivity contribution in [2.24, 2.45) is 0 Å². The molecule has 3 rings (SSSR count). The number of halogens is 1. The van der Waals surface area contributed by atoms with Gasteiger partial charge in [-0.05, 0) is 66.6 Å². The van der Waals surface area contributed by atoms with Gasteiger partial charge in [-0.15, -0.1) is 0 Å². The van der Waals surface area contributed by atoms with Crippen molar-refractivity contribution in [2.45, 2.75) is 18.2 Å². The number of nitrogens with zero attached hydrogens (tertiary/aromatic N) is 1. The van der Waals surface area contributed by atoms with Crippen LogP contribution in [0.2, 0.25) is 5.02 Å². The van der Waals surface area contributed by atoms with Crippen molar-refractivity contribution in [2.75, 3.05) is 10.0 Å². The number of anilines is 2. The molecule has 3 aromatic carbocycles. The number of sulfonamides is 1. The molecule has 0 spiro atoms. The summed E-state index contributed by atoms with van der Waals surface area (Å²) in [5, 5.41) is 11.9. The first kappa shape index (κ1) is 21.4. The molecule has 0 heterocycles. The molecule has 0 aromatic heterocycles. The number of nitriles is 1. The third-order valence-electron chi connectivity index (χ3n) is 4.36. The van der Waals surface area contributed by atoms with Crippen LogP contribution in [0.3, 0.4) is 0 Å². The Labute approximate surface area is 180 Å². The molecule has 3 aromatic rings. The van der Waals surface area contributed by atoms with E-state index in [-0.39, 0.29) is 10.8 Å². The Morgan fingerprint density at radius 3 is 2.33 bits per heavy atom. The number of rotatable bonds is 6. The number of aryl methyl sites for hydroxylation is 1. The van der Waals surface area contributed by atoms with Gasteiger partial charge in [0.25, 0.3) is 15.9 Å². The molecule has 2 N–H and O–H groups in total. The van der Waals surface area contributed by atoms with Gasteiger partial charge in [-0.25, -0.2) is 8.42 Å². The van der Waals surface area contributed by atoms with Crippen LogP contribution in [-0.4, -0.2) is 14.3 Å². The fourth-order valence-corrected chi connectivity index (χ4v) is 3.94. The summed E-state index contributed by atoms with van der Waals surface area (Å²) in [6.45, 7) is 1.75. The van der Waals surface area contributed by atoms with Crippen molar-refractivity contribution in [1.82, 2.24) is 0 Å². The first-order valence-corrected chi connectivity index (χ1v) is 10.8. The van der Waals surface area contributed by atoms with Crippen molar-refractivity contribution >= 4 is 38.9 Å². The lowest BCUT2D eigenvalue weighted by Gasteiger charge is -2.13. The smallest absolute Gasteiger partial charge is 0.261 e. The minimum atomic E-state index is -3.83. The Hall–Kier alpha value is -3.34. The summed E-state index contributed by atoms with van der Waals surface area (Å²) < 4.78 is 27.8. The fraction of sp³-hybridized carbons (Fsp3) is 0.0909. The Balaban J connectivity index is 1.79. The number of carbonyl (C=O) groups is 1. The van der Waals surface area contributed by atoms with Crippen molar-refractivity contribution in [3.63, 3.8) is 0 Å². The largest absolute Gasteiger partial charge is 0.322 e. The Kier molecular flexibility index (Phi) is 6.40. The highest BCUT2D eigenvalue weighted by molar-refractivity contribution is 7.92. The molecular weight excluding hydrogens is 422 g/mol. The van der Waals surface area contributed by atoms with E-state index in [1.54, 1.807) is 43.3 Å². The first-order valence-electron chi connectivity index (χ1n) is 8.95. The van der Waals surface area contributed by atoms with Crippen LogP contribution in [0.5, 0.6) is 0 Å². The topological polar surface area (TPSA) is 99.1 Å². The van der Waals surface area contributed by atoms with Crippen LogP contribution in [0, 0.1) is 18.3 Å². The Bertz CT molecular complexity index is 1220. The zero-order chi connectivity index (χ0) is 21.7. The zero-order valence-corrected chi connectivity index (χ0v) is 17.6. The first-order chi connectivity index (χ1) is 14.3. The molecule has 0 aliphatic carbocycles. The number of hydrogen-bond donors (Lipinski definition) is 2. The van der Waals surface area contributed by atoms with Gasteiger partial charge in [0.05, 0.1) is 23.1 Å². The maximum Gasteiger partial charge on any atom is 0.261 e. The normalized spacial score (nSPS) is 10.8. The summed E-state index contributed by atoms with van der Waals surface area (Å²) in [5.74, 6) is -0.380. The standard InChI is InChI=1S/C22H18ClN3O3S/c1-15-2-5-17(22(27)25-19-8-3-16(4-9-19)12-13-24)14-21(15)26-30(28,29)20-10-6-18(23)7-11-20/h2-11,14,26H,12H2,1H3,(H,25,27). The molecule has 0 atom stereocenters. The summed E-state index contributed by atoms with van der Waals surface area (Å²) in [7, 11) is -3.83. The molecule has 0 unspecified atom stereocenters. The van der Waals surface area contributed by atoms with E-state index in [4.69, 9.17) is 16.9 Å². The van der Waals surface area contributed by atoms with E-state index < -0.39 is 10.0 Å². The van der Waals surface area contributed by atoms with E-state index >= 15 is 0 Å². The molecule has 30 heavy (non-hydrogen) atoms. The molecule has 0 saturated heterocycles. The average molecular weight is 440 g/mol.